The average Bonchev–Trinajstić information content (AvgIpc) is 2.40. The van der Waals surface area contributed by atoms with Crippen LogP contribution >= 0.6 is 0 Å². The van der Waals surface area contributed by atoms with Gasteiger partial charge in [-0.15, -0.1) is 0 Å². The molecule has 0 aliphatic heterocycles. The van der Waals surface area contributed by atoms with Crippen LogP contribution in [0.2, 0.25) is 0 Å². The van der Waals surface area contributed by atoms with Crippen LogP contribution in [-0.2, 0) is 6.54 Å². The van der Waals surface area contributed by atoms with Crippen LogP contribution in [0.1, 0.15) is 38.7 Å². The Balaban J connectivity index is 2.58. The molecule has 0 heterocycles. The number of nitrogens with one attached hydrogen (secondary N) is 1. The van der Waals surface area contributed by atoms with Gasteiger partial charge in [0.25, 0.3) is 0 Å². The van der Waals surface area contributed by atoms with E-state index in [1.165, 1.54) is 5.56 Å². The molecule has 0 bridgehead atoms. The van der Waals surface area contributed by atoms with Crippen molar-refractivity contribution in [2.75, 3.05) is 20.3 Å². The van der Waals surface area contributed by atoms with Crippen molar-refractivity contribution in [3.63, 3.8) is 0 Å². The van der Waals surface area contributed by atoms with Crippen LogP contribution in [0.25, 0.3) is 0 Å². The molecule has 0 aliphatic rings. The van der Waals surface area contributed by atoms with E-state index in [0.717, 1.165) is 50.5 Å². The lowest BCUT2D eigenvalue weighted by Crippen LogP contribution is -2.13. The van der Waals surface area contributed by atoms with Crippen LogP contribution in [0.15, 0.2) is 18.2 Å². The maximum absolute atomic E-state index is 5.70. The molecule has 0 saturated carbocycles. The predicted octanol–water partition coefficient (Wildman–Crippen LogP) is 3.37. The van der Waals surface area contributed by atoms with Crippen LogP contribution in [0.4, 0.5) is 0 Å². The first-order valence-corrected chi connectivity index (χ1v) is 6.82. The number of hydrogen-bond acceptors (Lipinski definition) is 3. The average molecular weight is 251 g/mol. The maximum atomic E-state index is 5.70. The molecule has 1 N–H and O–H groups in total. The third kappa shape index (κ3) is 4.96. The lowest BCUT2D eigenvalue weighted by molar-refractivity contribution is 0.288. The molecule has 102 valence electrons. The highest BCUT2D eigenvalue weighted by atomic mass is 16.5. The van der Waals surface area contributed by atoms with Gasteiger partial charge < -0.3 is 14.8 Å². The van der Waals surface area contributed by atoms with E-state index in [9.17, 15) is 0 Å². The van der Waals surface area contributed by atoms with Crippen molar-refractivity contribution >= 4 is 0 Å². The summed E-state index contributed by atoms with van der Waals surface area (Å²) in [4.78, 5) is 0. The molecule has 0 aromatic heterocycles. The van der Waals surface area contributed by atoms with E-state index in [1.54, 1.807) is 7.11 Å². The SMILES string of the molecule is CCCCOc1ccc(CNCCC)cc1OC. The molecule has 0 atom stereocenters. The van der Waals surface area contributed by atoms with Crippen molar-refractivity contribution in [2.45, 2.75) is 39.7 Å². The van der Waals surface area contributed by atoms with E-state index in [-0.39, 0.29) is 0 Å². The highest BCUT2D eigenvalue weighted by molar-refractivity contribution is 5.42. The van der Waals surface area contributed by atoms with Gasteiger partial charge >= 0.3 is 0 Å². The molecular formula is C15H25NO2. The zero-order chi connectivity index (χ0) is 13.2. The summed E-state index contributed by atoms with van der Waals surface area (Å²) in [5, 5.41) is 3.38. The minimum atomic E-state index is 0.750. The summed E-state index contributed by atoms with van der Waals surface area (Å²) < 4.78 is 11.1. The van der Waals surface area contributed by atoms with Gasteiger partial charge in [-0.1, -0.05) is 26.3 Å². The van der Waals surface area contributed by atoms with Crippen molar-refractivity contribution in [2.24, 2.45) is 0 Å². The normalized spacial score (nSPS) is 10.4. The largest absolute Gasteiger partial charge is 0.493 e. The molecule has 1 aromatic carbocycles. The third-order valence-corrected chi connectivity index (χ3v) is 2.74. The fourth-order valence-corrected chi connectivity index (χ4v) is 1.68. The van der Waals surface area contributed by atoms with E-state index < -0.39 is 0 Å². The number of ether oxygens (including phenoxy) is 2. The van der Waals surface area contributed by atoms with E-state index in [1.807, 2.05) is 12.1 Å². The van der Waals surface area contributed by atoms with Crippen LogP contribution in [0, 0.1) is 0 Å². The van der Waals surface area contributed by atoms with E-state index in [0.29, 0.717) is 0 Å². The molecular weight excluding hydrogens is 226 g/mol. The minimum absolute atomic E-state index is 0.750. The quantitative estimate of drug-likeness (QED) is 0.683. The first kappa shape index (κ1) is 14.8. The summed E-state index contributed by atoms with van der Waals surface area (Å²) in [6.07, 6.45) is 3.36. The van der Waals surface area contributed by atoms with Crippen molar-refractivity contribution in [3.05, 3.63) is 23.8 Å². The Kier molecular flexibility index (Phi) is 7.26. The van der Waals surface area contributed by atoms with Crippen LogP contribution < -0.4 is 14.8 Å². The van der Waals surface area contributed by atoms with E-state index in [4.69, 9.17) is 9.47 Å². The smallest absolute Gasteiger partial charge is 0.161 e. The topological polar surface area (TPSA) is 30.5 Å². The number of hydrogen-bond donors (Lipinski definition) is 1. The Morgan fingerprint density at radius 2 is 1.94 bits per heavy atom. The lowest BCUT2D eigenvalue weighted by Gasteiger charge is -2.12. The monoisotopic (exact) mass is 251 g/mol. The number of rotatable bonds is 9. The van der Waals surface area contributed by atoms with Gasteiger partial charge in [-0.25, -0.2) is 0 Å². The van der Waals surface area contributed by atoms with Gasteiger partial charge in [0.05, 0.1) is 13.7 Å². The molecule has 0 fully saturated rings. The van der Waals surface area contributed by atoms with Gasteiger partial charge in [0.1, 0.15) is 0 Å². The van der Waals surface area contributed by atoms with Crippen molar-refractivity contribution < 1.29 is 9.47 Å². The highest BCUT2D eigenvalue weighted by Crippen LogP contribution is 2.28. The summed E-state index contributed by atoms with van der Waals surface area (Å²) in [5.41, 5.74) is 1.23. The fraction of sp³-hybridized carbons (Fsp3) is 0.600. The summed E-state index contributed by atoms with van der Waals surface area (Å²) in [6.45, 7) is 6.98. The molecule has 1 aromatic rings. The Hall–Kier alpha value is -1.22. The lowest BCUT2D eigenvalue weighted by atomic mass is 10.2. The number of methoxy groups -OCH3 is 1. The Morgan fingerprint density at radius 1 is 1.11 bits per heavy atom. The predicted molar refractivity (Wildman–Crippen MR) is 75.4 cm³/mol. The molecule has 0 spiro atoms. The van der Waals surface area contributed by atoms with Crippen LogP contribution in [-0.4, -0.2) is 20.3 Å². The summed E-state index contributed by atoms with van der Waals surface area (Å²) >= 11 is 0. The minimum Gasteiger partial charge on any atom is -0.493 e. The molecule has 1 rings (SSSR count). The molecule has 0 aliphatic carbocycles. The second-order valence-electron chi connectivity index (χ2n) is 4.36. The van der Waals surface area contributed by atoms with Crippen LogP contribution in [0.3, 0.4) is 0 Å². The van der Waals surface area contributed by atoms with E-state index >= 15 is 0 Å². The van der Waals surface area contributed by atoms with Gasteiger partial charge in [-0.2, -0.15) is 0 Å². The first-order chi connectivity index (χ1) is 8.81. The van der Waals surface area contributed by atoms with Gasteiger partial charge in [0, 0.05) is 6.54 Å². The molecule has 3 heteroatoms. The van der Waals surface area contributed by atoms with Crippen LogP contribution in [0.5, 0.6) is 11.5 Å². The van der Waals surface area contributed by atoms with Gasteiger partial charge in [-0.05, 0) is 37.1 Å². The number of benzene rings is 1. The van der Waals surface area contributed by atoms with Crippen molar-refractivity contribution in [1.29, 1.82) is 0 Å². The van der Waals surface area contributed by atoms with Gasteiger partial charge in [0.15, 0.2) is 11.5 Å². The number of unbranched alkanes of at least 4 members (excludes halogenated alkanes) is 1. The maximum Gasteiger partial charge on any atom is 0.161 e. The van der Waals surface area contributed by atoms with Crippen molar-refractivity contribution in [1.82, 2.24) is 5.32 Å². The third-order valence-electron chi connectivity index (χ3n) is 2.74. The molecule has 0 saturated heterocycles. The Morgan fingerprint density at radius 3 is 2.61 bits per heavy atom. The molecule has 18 heavy (non-hydrogen) atoms. The first-order valence-electron chi connectivity index (χ1n) is 6.82. The second-order valence-corrected chi connectivity index (χ2v) is 4.36. The molecule has 3 nitrogen and oxygen atoms in total. The van der Waals surface area contributed by atoms with Gasteiger partial charge in [0.2, 0.25) is 0 Å². The fourth-order valence-electron chi connectivity index (χ4n) is 1.68. The standard InChI is InChI=1S/C15H25NO2/c1-4-6-10-18-14-8-7-13(11-15(14)17-3)12-16-9-5-2/h7-8,11,16H,4-6,9-10,12H2,1-3H3. The Bertz CT molecular complexity index is 339. The second kappa shape index (κ2) is 8.81. The molecule has 0 radical (unpaired) electrons. The summed E-state index contributed by atoms with van der Waals surface area (Å²) in [5.74, 6) is 1.66. The van der Waals surface area contributed by atoms with Gasteiger partial charge in [-0.3, -0.25) is 0 Å². The zero-order valence-electron chi connectivity index (χ0n) is 11.8. The summed E-state index contributed by atoms with van der Waals surface area (Å²) in [7, 11) is 1.69. The van der Waals surface area contributed by atoms with Crippen molar-refractivity contribution in [3.8, 4) is 11.5 Å². The summed E-state index contributed by atoms with van der Waals surface area (Å²) in [6, 6.07) is 6.13. The Labute approximate surface area is 110 Å². The molecule has 0 unspecified atom stereocenters. The zero-order valence-corrected chi connectivity index (χ0v) is 11.8. The molecule has 0 amide bonds. The highest BCUT2D eigenvalue weighted by Gasteiger charge is 2.05. The van der Waals surface area contributed by atoms with E-state index in [2.05, 4.69) is 25.2 Å².